The van der Waals surface area contributed by atoms with Gasteiger partial charge in [-0.05, 0) is 25.0 Å². The van der Waals surface area contributed by atoms with Crippen molar-refractivity contribution < 1.29 is 19.1 Å². The Morgan fingerprint density at radius 3 is 2.73 bits per heavy atom. The molecule has 7 heteroatoms. The van der Waals surface area contributed by atoms with Gasteiger partial charge in [-0.1, -0.05) is 25.3 Å². The van der Waals surface area contributed by atoms with Crippen molar-refractivity contribution in [1.29, 1.82) is 0 Å². The zero-order valence-electron chi connectivity index (χ0n) is 17.9. The van der Waals surface area contributed by atoms with E-state index in [0.29, 0.717) is 18.8 Å². The quantitative estimate of drug-likeness (QED) is 0.771. The summed E-state index contributed by atoms with van der Waals surface area (Å²) in [5.41, 5.74) is 0.819. The van der Waals surface area contributed by atoms with Crippen LogP contribution in [0.1, 0.15) is 38.5 Å². The molecule has 3 fully saturated rings. The summed E-state index contributed by atoms with van der Waals surface area (Å²) < 4.78 is 10.8. The lowest BCUT2D eigenvalue weighted by molar-refractivity contribution is -0.127. The van der Waals surface area contributed by atoms with Crippen molar-refractivity contribution in [3.8, 4) is 5.75 Å². The highest BCUT2D eigenvalue weighted by Crippen LogP contribution is 2.34. The molecule has 2 aliphatic heterocycles. The van der Waals surface area contributed by atoms with Crippen molar-refractivity contribution in [2.45, 2.75) is 44.1 Å². The number of rotatable bonds is 6. The van der Waals surface area contributed by atoms with Crippen LogP contribution in [-0.4, -0.2) is 68.8 Å². The van der Waals surface area contributed by atoms with Gasteiger partial charge in [-0.25, -0.2) is 0 Å². The number of carbonyl (C=O) groups is 2. The first kappa shape index (κ1) is 21.1. The Labute approximate surface area is 178 Å². The number of ether oxygens (including phenoxy) is 2. The number of anilines is 1. The van der Waals surface area contributed by atoms with E-state index >= 15 is 0 Å². The fraction of sp³-hybridized carbons (Fsp3) is 0.652. The lowest BCUT2D eigenvalue weighted by Crippen LogP contribution is -2.60. The highest BCUT2D eigenvalue weighted by molar-refractivity contribution is 6.00. The number of hydrogen-bond acceptors (Lipinski definition) is 5. The largest absolute Gasteiger partial charge is 0.497 e. The Kier molecular flexibility index (Phi) is 6.58. The maximum atomic E-state index is 13.0. The SMILES string of the molecule is COc1cccc(N2CC(C(=O)NCC3(N4CCOCC4)CCCCC3)CC2=O)c1. The highest BCUT2D eigenvalue weighted by atomic mass is 16.5. The molecule has 1 N–H and O–H groups in total. The summed E-state index contributed by atoms with van der Waals surface area (Å²) in [6.07, 6.45) is 6.18. The molecule has 0 spiro atoms. The second kappa shape index (κ2) is 9.35. The number of benzene rings is 1. The van der Waals surface area contributed by atoms with E-state index in [2.05, 4.69) is 10.2 Å². The number of hydrogen-bond donors (Lipinski definition) is 1. The second-order valence-electron chi connectivity index (χ2n) is 8.71. The Morgan fingerprint density at radius 2 is 2.00 bits per heavy atom. The molecule has 1 unspecified atom stereocenters. The van der Waals surface area contributed by atoms with Crippen molar-refractivity contribution in [2.24, 2.45) is 5.92 Å². The number of methoxy groups -OCH3 is 1. The molecule has 3 aliphatic rings. The first-order valence-corrected chi connectivity index (χ1v) is 11.2. The Morgan fingerprint density at radius 1 is 1.23 bits per heavy atom. The first-order chi connectivity index (χ1) is 14.6. The Hall–Kier alpha value is -2.12. The predicted octanol–water partition coefficient (Wildman–Crippen LogP) is 2.20. The van der Waals surface area contributed by atoms with Gasteiger partial charge in [0.15, 0.2) is 0 Å². The van der Waals surface area contributed by atoms with E-state index in [1.807, 2.05) is 24.3 Å². The van der Waals surface area contributed by atoms with E-state index in [1.54, 1.807) is 12.0 Å². The molecule has 2 saturated heterocycles. The minimum absolute atomic E-state index is 0.00745. The fourth-order valence-electron chi connectivity index (χ4n) is 5.16. The third-order valence-corrected chi connectivity index (χ3v) is 6.92. The number of morpholine rings is 1. The molecular formula is C23H33N3O4. The third kappa shape index (κ3) is 4.47. The van der Waals surface area contributed by atoms with Crippen LogP contribution in [0.2, 0.25) is 0 Å². The molecule has 0 aromatic heterocycles. The molecule has 1 atom stereocenters. The van der Waals surface area contributed by atoms with Crippen molar-refractivity contribution in [2.75, 3.05) is 51.4 Å². The van der Waals surface area contributed by atoms with Crippen LogP contribution >= 0.6 is 0 Å². The molecule has 2 amide bonds. The minimum atomic E-state index is -0.311. The molecule has 1 saturated carbocycles. The van der Waals surface area contributed by atoms with Crippen molar-refractivity contribution in [1.82, 2.24) is 10.2 Å². The van der Waals surface area contributed by atoms with Crippen LogP contribution in [0, 0.1) is 5.92 Å². The van der Waals surface area contributed by atoms with Crippen molar-refractivity contribution in [3.63, 3.8) is 0 Å². The molecule has 1 aliphatic carbocycles. The molecular weight excluding hydrogens is 382 g/mol. The van der Waals surface area contributed by atoms with Crippen LogP contribution in [0.4, 0.5) is 5.69 Å². The van der Waals surface area contributed by atoms with Gasteiger partial charge < -0.3 is 19.7 Å². The second-order valence-corrected chi connectivity index (χ2v) is 8.71. The van der Waals surface area contributed by atoms with E-state index in [4.69, 9.17) is 9.47 Å². The monoisotopic (exact) mass is 415 g/mol. The molecule has 1 aromatic rings. The molecule has 1 aromatic carbocycles. The van der Waals surface area contributed by atoms with Gasteiger partial charge in [-0.2, -0.15) is 0 Å². The van der Waals surface area contributed by atoms with Gasteiger partial charge in [0.05, 0.1) is 26.2 Å². The van der Waals surface area contributed by atoms with Crippen molar-refractivity contribution >= 4 is 17.5 Å². The average Bonchev–Trinajstić information content (AvgIpc) is 3.20. The number of nitrogens with one attached hydrogen (secondary N) is 1. The van der Waals surface area contributed by atoms with E-state index in [0.717, 1.165) is 44.8 Å². The van der Waals surface area contributed by atoms with Gasteiger partial charge in [-0.3, -0.25) is 14.5 Å². The summed E-state index contributed by atoms with van der Waals surface area (Å²) in [4.78, 5) is 29.8. The highest BCUT2D eigenvalue weighted by Gasteiger charge is 2.40. The van der Waals surface area contributed by atoms with Crippen LogP contribution in [0.15, 0.2) is 24.3 Å². The van der Waals surface area contributed by atoms with E-state index in [-0.39, 0.29) is 29.7 Å². The van der Waals surface area contributed by atoms with Gasteiger partial charge >= 0.3 is 0 Å². The summed E-state index contributed by atoms with van der Waals surface area (Å²) in [6.45, 7) is 4.48. The van der Waals surface area contributed by atoms with Crippen LogP contribution in [0.3, 0.4) is 0 Å². The molecule has 2 heterocycles. The summed E-state index contributed by atoms with van der Waals surface area (Å²) in [7, 11) is 1.61. The molecule has 30 heavy (non-hydrogen) atoms. The van der Waals surface area contributed by atoms with Crippen LogP contribution in [-0.2, 0) is 14.3 Å². The molecule has 0 bridgehead atoms. The molecule has 7 nitrogen and oxygen atoms in total. The number of amides is 2. The zero-order valence-corrected chi connectivity index (χ0v) is 17.9. The Balaban J connectivity index is 1.39. The topological polar surface area (TPSA) is 71.1 Å². The summed E-state index contributed by atoms with van der Waals surface area (Å²) >= 11 is 0. The van der Waals surface area contributed by atoms with Gasteiger partial charge in [0, 0.05) is 49.9 Å². The minimum Gasteiger partial charge on any atom is -0.497 e. The first-order valence-electron chi connectivity index (χ1n) is 11.2. The Bertz CT molecular complexity index is 757. The molecule has 4 rings (SSSR count). The van der Waals surface area contributed by atoms with Crippen LogP contribution in [0.5, 0.6) is 5.75 Å². The summed E-state index contributed by atoms with van der Waals surface area (Å²) in [6, 6.07) is 7.44. The number of carbonyl (C=O) groups excluding carboxylic acids is 2. The average molecular weight is 416 g/mol. The standard InChI is InChI=1S/C23H33N3O4/c1-29-20-7-5-6-19(15-20)26-16-18(14-21(26)27)22(28)24-17-23(8-3-2-4-9-23)25-10-12-30-13-11-25/h5-7,15,18H,2-4,8-14,16-17H2,1H3,(H,24,28). The third-order valence-electron chi connectivity index (χ3n) is 6.92. The fourth-order valence-corrected chi connectivity index (χ4v) is 5.16. The van der Waals surface area contributed by atoms with Gasteiger partial charge in [-0.15, -0.1) is 0 Å². The lowest BCUT2D eigenvalue weighted by atomic mass is 9.79. The normalized spacial score (nSPS) is 24.6. The van der Waals surface area contributed by atoms with Gasteiger partial charge in [0.1, 0.15) is 5.75 Å². The maximum absolute atomic E-state index is 13.0. The summed E-state index contributed by atoms with van der Waals surface area (Å²) in [5.74, 6) is 0.378. The van der Waals surface area contributed by atoms with Crippen LogP contribution in [0.25, 0.3) is 0 Å². The molecule has 0 radical (unpaired) electrons. The van der Waals surface area contributed by atoms with Gasteiger partial charge in [0.25, 0.3) is 0 Å². The number of nitrogens with zero attached hydrogens (tertiary/aromatic N) is 2. The molecule has 164 valence electrons. The zero-order chi connectivity index (χ0) is 21.0. The smallest absolute Gasteiger partial charge is 0.227 e. The lowest BCUT2D eigenvalue weighted by Gasteiger charge is -2.48. The van der Waals surface area contributed by atoms with Crippen LogP contribution < -0.4 is 15.0 Å². The van der Waals surface area contributed by atoms with E-state index < -0.39 is 0 Å². The summed E-state index contributed by atoms with van der Waals surface area (Å²) in [5, 5.41) is 3.22. The van der Waals surface area contributed by atoms with Gasteiger partial charge in [0.2, 0.25) is 11.8 Å². The maximum Gasteiger partial charge on any atom is 0.227 e. The van der Waals surface area contributed by atoms with E-state index in [1.165, 1.54) is 19.3 Å². The van der Waals surface area contributed by atoms with Crippen molar-refractivity contribution in [3.05, 3.63) is 24.3 Å². The predicted molar refractivity (Wildman–Crippen MR) is 115 cm³/mol. The van der Waals surface area contributed by atoms with E-state index in [9.17, 15) is 9.59 Å².